The van der Waals surface area contributed by atoms with Gasteiger partial charge in [-0.3, -0.25) is 4.79 Å². The fraction of sp³-hybridized carbons (Fsp3) is 0.316. The molecule has 0 unspecified atom stereocenters. The Morgan fingerprint density at radius 1 is 1.29 bits per heavy atom. The van der Waals surface area contributed by atoms with E-state index in [2.05, 4.69) is 5.32 Å². The van der Waals surface area contributed by atoms with Crippen LogP contribution in [0.5, 0.6) is 11.5 Å². The molecule has 0 aromatic heterocycles. The van der Waals surface area contributed by atoms with Gasteiger partial charge in [0.25, 0.3) is 5.91 Å². The largest absolute Gasteiger partial charge is 0.487 e. The van der Waals surface area contributed by atoms with E-state index < -0.39 is 0 Å². The standard InChI is InChI=1S/C19H20ClNO3/c1-19(2)11-16(15-8-3-4-9-17(15)24-19)21-18(22)12-23-14-7-5-6-13(20)10-14/h3-10,16H,11-12H2,1-2H3,(H,21,22)/t16-/m0/s1. The molecule has 1 amide bonds. The molecule has 0 aliphatic carbocycles. The molecule has 1 aliphatic heterocycles. The average molecular weight is 346 g/mol. The lowest BCUT2D eigenvalue weighted by molar-refractivity contribution is -0.124. The van der Waals surface area contributed by atoms with Crippen molar-refractivity contribution in [3.8, 4) is 11.5 Å². The van der Waals surface area contributed by atoms with Crippen molar-refractivity contribution in [3.05, 3.63) is 59.1 Å². The number of hydrogen-bond acceptors (Lipinski definition) is 3. The van der Waals surface area contributed by atoms with Gasteiger partial charge in [-0.1, -0.05) is 35.9 Å². The van der Waals surface area contributed by atoms with Crippen LogP contribution in [0, 0.1) is 0 Å². The van der Waals surface area contributed by atoms with Crippen molar-refractivity contribution in [3.63, 3.8) is 0 Å². The maximum absolute atomic E-state index is 12.3. The number of rotatable bonds is 4. The number of amides is 1. The molecule has 0 bridgehead atoms. The molecule has 1 heterocycles. The third-order valence-corrected chi connectivity index (χ3v) is 4.11. The normalized spacial score (nSPS) is 18.2. The van der Waals surface area contributed by atoms with Gasteiger partial charge in [-0.05, 0) is 38.1 Å². The summed E-state index contributed by atoms with van der Waals surface area (Å²) in [6, 6.07) is 14.7. The first-order valence-electron chi connectivity index (χ1n) is 7.89. The average Bonchev–Trinajstić information content (AvgIpc) is 2.52. The van der Waals surface area contributed by atoms with Crippen LogP contribution >= 0.6 is 11.6 Å². The minimum Gasteiger partial charge on any atom is -0.487 e. The van der Waals surface area contributed by atoms with Crippen LogP contribution in [0.3, 0.4) is 0 Å². The Kier molecular flexibility index (Phi) is 4.67. The van der Waals surface area contributed by atoms with Crippen LogP contribution in [0.15, 0.2) is 48.5 Å². The Morgan fingerprint density at radius 3 is 2.88 bits per heavy atom. The van der Waals surface area contributed by atoms with Gasteiger partial charge in [-0.15, -0.1) is 0 Å². The second-order valence-electron chi connectivity index (χ2n) is 6.47. The molecule has 5 heteroatoms. The van der Waals surface area contributed by atoms with Gasteiger partial charge in [0.1, 0.15) is 17.1 Å². The summed E-state index contributed by atoms with van der Waals surface area (Å²) in [7, 11) is 0. The van der Waals surface area contributed by atoms with Crippen molar-refractivity contribution in [1.82, 2.24) is 5.32 Å². The highest BCUT2D eigenvalue weighted by molar-refractivity contribution is 6.30. The Hall–Kier alpha value is -2.20. The monoisotopic (exact) mass is 345 g/mol. The topological polar surface area (TPSA) is 47.6 Å². The number of carbonyl (C=O) groups is 1. The zero-order chi connectivity index (χ0) is 17.2. The summed E-state index contributed by atoms with van der Waals surface area (Å²) >= 11 is 5.91. The maximum atomic E-state index is 12.3. The Morgan fingerprint density at radius 2 is 2.08 bits per heavy atom. The summed E-state index contributed by atoms with van der Waals surface area (Å²) in [5.74, 6) is 1.22. The second-order valence-corrected chi connectivity index (χ2v) is 6.91. The number of nitrogens with one attached hydrogen (secondary N) is 1. The van der Waals surface area contributed by atoms with Crippen LogP contribution in [-0.2, 0) is 4.79 Å². The number of para-hydroxylation sites is 1. The molecule has 0 radical (unpaired) electrons. The lowest BCUT2D eigenvalue weighted by Gasteiger charge is -2.37. The van der Waals surface area contributed by atoms with Crippen LogP contribution in [-0.4, -0.2) is 18.1 Å². The Labute approximate surface area is 146 Å². The molecule has 1 N–H and O–H groups in total. The van der Waals surface area contributed by atoms with E-state index in [0.29, 0.717) is 17.2 Å². The zero-order valence-electron chi connectivity index (χ0n) is 13.7. The van der Waals surface area contributed by atoms with E-state index in [4.69, 9.17) is 21.1 Å². The van der Waals surface area contributed by atoms with Gasteiger partial charge in [0, 0.05) is 17.0 Å². The molecule has 1 atom stereocenters. The van der Waals surface area contributed by atoms with E-state index in [-0.39, 0.29) is 24.2 Å². The fourth-order valence-electron chi connectivity index (χ4n) is 2.87. The highest BCUT2D eigenvalue weighted by atomic mass is 35.5. The quantitative estimate of drug-likeness (QED) is 0.906. The summed E-state index contributed by atoms with van der Waals surface area (Å²) in [6.07, 6.45) is 0.701. The number of carbonyl (C=O) groups excluding carboxylic acids is 1. The van der Waals surface area contributed by atoms with Crippen LogP contribution in [0.25, 0.3) is 0 Å². The van der Waals surface area contributed by atoms with Crippen LogP contribution in [0.1, 0.15) is 31.9 Å². The van der Waals surface area contributed by atoms with Gasteiger partial charge >= 0.3 is 0 Å². The molecule has 24 heavy (non-hydrogen) atoms. The van der Waals surface area contributed by atoms with Crippen LogP contribution in [0.4, 0.5) is 0 Å². The zero-order valence-corrected chi connectivity index (χ0v) is 14.5. The SMILES string of the molecule is CC1(C)C[C@H](NC(=O)COc2cccc(Cl)c2)c2ccccc2O1. The van der Waals surface area contributed by atoms with Crippen molar-refractivity contribution in [2.45, 2.75) is 31.9 Å². The molecule has 2 aromatic carbocycles. The summed E-state index contributed by atoms with van der Waals surface area (Å²) in [5, 5.41) is 3.62. The summed E-state index contributed by atoms with van der Waals surface area (Å²) in [5.41, 5.74) is 0.660. The molecule has 3 rings (SSSR count). The fourth-order valence-corrected chi connectivity index (χ4v) is 3.05. The van der Waals surface area contributed by atoms with Crippen molar-refractivity contribution in [1.29, 1.82) is 0 Å². The summed E-state index contributed by atoms with van der Waals surface area (Å²) in [6.45, 7) is 3.98. The maximum Gasteiger partial charge on any atom is 0.258 e. The lowest BCUT2D eigenvalue weighted by atomic mass is 9.90. The molecule has 1 aliphatic rings. The first-order chi connectivity index (χ1) is 11.4. The van der Waals surface area contributed by atoms with Crippen molar-refractivity contribution in [2.24, 2.45) is 0 Å². The third-order valence-electron chi connectivity index (χ3n) is 3.88. The van der Waals surface area contributed by atoms with Crippen molar-refractivity contribution < 1.29 is 14.3 Å². The molecule has 0 spiro atoms. The van der Waals surface area contributed by atoms with Gasteiger partial charge < -0.3 is 14.8 Å². The number of ether oxygens (including phenoxy) is 2. The van der Waals surface area contributed by atoms with E-state index in [1.807, 2.05) is 38.1 Å². The smallest absolute Gasteiger partial charge is 0.258 e. The van der Waals surface area contributed by atoms with Gasteiger partial charge in [0.05, 0.1) is 6.04 Å². The molecule has 2 aromatic rings. The van der Waals surface area contributed by atoms with Crippen LogP contribution < -0.4 is 14.8 Å². The number of hydrogen-bond donors (Lipinski definition) is 1. The molecule has 0 saturated carbocycles. The summed E-state index contributed by atoms with van der Waals surface area (Å²) in [4.78, 5) is 12.3. The van der Waals surface area contributed by atoms with E-state index in [9.17, 15) is 4.79 Å². The predicted octanol–water partition coefficient (Wildman–Crippen LogP) is 4.14. The third kappa shape index (κ3) is 4.01. The highest BCUT2D eigenvalue weighted by Gasteiger charge is 2.34. The molecule has 126 valence electrons. The van der Waals surface area contributed by atoms with E-state index in [0.717, 1.165) is 11.3 Å². The number of fused-ring (bicyclic) bond motifs is 1. The molecule has 4 nitrogen and oxygen atoms in total. The highest BCUT2D eigenvalue weighted by Crippen LogP contribution is 2.39. The lowest BCUT2D eigenvalue weighted by Crippen LogP contribution is -2.42. The minimum atomic E-state index is -0.333. The van der Waals surface area contributed by atoms with E-state index >= 15 is 0 Å². The van der Waals surface area contributed by atoms with E-state index in [1.54, 1.807) is 24.3 Å². The van der Waals surface area contributed by atoms with Gasteiger partial charge in [0.15, 0.2) is 6.61 Å². The molecule has 0 fully saturated rings. The van der Waals surface area contributed by atoms with Gasteiger partial charge in [-0.25, -0.2) is 0 Å². The van der Waals surface area contributed by atoms with Gasteiger partial charge in [-0.2, -0.15) is 0 Å². The molecule has 0 saturated heterocycles. The number of halogens is 1. The first kappa shape index (κ1) is 16.7. The molecular formula is C19H20ClNO3. The first-order valence-corrected chi connectivity index (χ1v) is 8.26. The van der Waals surface area contributed by atoms with Crippen LogP contribution in [0.2, 0.25) is 5.02 Å². The second kappa shape index (κ2) is 6.73. The minimum absolute atomic E-state index is 0.0553. The van der Waals surface area contributed by atoms with E-state index in [1.165, 1.54) is 0 Å². The summed E-state index contributed by atoms with van der Waals surface area (Å²) < 4.78 is 11.5. The van der Waals surface area contributed by atoms with Crippen molar-refractivity contribution in [2.75, 3.05) is 6.61 Å². The van der Waals surface area contributed by atoms with Crippen molar-refractivity contribution >= 4 is 17.5 Å². The van der Waals surface area contributed by atoms with Gasteiger partial charge in [0.2, 0.25) is 0 Å². The Balaban J connectivity index is 1.65. The molecular weight excluding hydrogens is 326 g/mol. The predicted molar refractivity (Wildman–Crippen MR) is 93.6 cm³/mol. The number of benzene rings is 2. The Bertz CT molecular complexity index is 745.